The monoisotopic (exact) mass is 628 g/mol. The van der Waals surface area contributed by atoms with Gasteiger partial charge in [-0.15, -0.1) is 0 Å². The summed E-state index contributed by atoms with van der Waals surface area (Å²) in [5.74, 6) is -1.40. The van der Waals surface area contributed by atoms with E-state index in [4.69, 9.17) is 11.2 Å². The van der Waals surface area contributed by atoms with Gasteiger partial charge in [-0.1, -0.05) is 80.9 Å². The molecule has 3 aromatic carbocycles. The van der Waals surface area contributed by atoms with Crippen molar-refractivity contribution < 1.29 is 33.3 Å². The number of sulfonamides is 1. The van der Waals surface area contributed by atoms with Crippen molar-refractivity contribution in [3.8, 4) is 0 Å². The molecule has 0 heterocycles. The van der Waals surface area contributed by atoms with Crippen molar-refractivity contribution in [3.63, 3.8) is 0 Å². The molecule has 10 nitrogen and oxygen atoms in total. The number of nitrogens with zero attached hydrogens (tertiary/aromatic N) is 1. The molecule has 3 aromatic rings. The number of unbranched alkanes of at least 4 members (excludes halogenated alkanes) is 1. The first kappa shape index (κ1) is 28.8. The van der Waals surface area contributed by atoms with Crippen LogP contribution in [0.15, 0.2) is 89.8 Å². The average Bonchev–Trinajstić information content (AvgIpc) is 3.01. The van der Waals surface area contributed by atoms with E-state index in [2.05, 4.69) is 15.4 Å². The molecular weight excluding hydrogens is 580 g/mol. The molecule has 44 heavy (non-hydrogen) atoms. The predicted octanol–water partition coefficient (Wildman–Crippen LogP) is 4.12. The number of carbonyl (C=O) groups is 2. The third-order valence-electron chi connectivity index (χ3n) is 7.10. The molecule has 238 valence electrons. The molecule has 0 saturated carbocycles. The second-order valence-corrected chi connectivity index (χ2v) is 12.7. The van der Waals surface area contributed by atoms with Crippen molar-refractivity contribution in [3.05, 3.63) is 96.1 Å². The Kier molecular flexibility index (Phi) is 11.0. The van der Waals surface area contributed by atoms with Crippen LogP contribution in [0.2, 0.25) is 0 Å². The van der Waals surface area contributed by atoms with Gasteiger partial charge in [0.25, 0.3) is 0 Å². The third kappa shape index (κ3) is 9.54. The molecule has 2 amide bonds. The second-order valence-electron chi connectivity index (χ2n) is 10.9. The SMILES string of the molecule is [2H]C(O)[C@H](CCCCNC(=O)[C@@H](NC(=O)OC([2H])([2H])[2H])C(c1ccccc1)c1ccccc1)N(CC(C)C)S(=O)(=O)c1ccc(N)cc1. The third-order valence-corrected chi connectivity index (χ3v) is 9.00. The average molecular weight is 629 g/mol. The Morgan fingerprint density at radius 1 is 0.977 bits per heavy atom. The van der Waals surface area contributed by atoms with Gasteiger partial charge in [0, 0.05) is 30.7 Å². The van der Waals surface area contributed by atoms with E-state index in [1.807, 2.05) is 13.8 Å². The van der Waals surface area contributed by atoms with Crippen molar-refractivity contribution in [2.45, 2.75) is 56.0 Å². The van der Waals surface area contributed by atoms with Crippen molar-refractivity contribution in [2.75, 3.05) is 32.4 Å². The van der Waals surface area contributed by atoms with Gasteiger partial charge >= 0.3 is 6.09 Å². The van der Waals surface area contributed by atoms with E-state index in [1.165, 1.54) is 24.3 Å². The zero-order valence-electron chi connectivity index (χ0n) is 28.9. The van der Waals surface area contributed by atoms with Gasteiger partial charge in [-0.3, -0.25) is 4.79 Å². The summed E-state index contributed by atoms with van der Waals surface area (Å²) in [5.41, 5.74) is 7.52. The highest BCUT2D eigenvalue weighted by Gasteiger charge is 2.33. The number of hydrogen-bond acceptors (Lipinski definition) is 7. The van der Waals surface area contributed by atoms with E-state index in [1.54, 1.807) is 60.7 Å². The molecule has 5 N–H and O–H groups in total. The molecule has 11 heteroatoms. The Balaban J connectivity index is 1.77. The number of nitrogens with two attached hydrogens (primary N) is 1. The summed E-state index contributed by atoms with van der Waals surface area (Å²) in [6.45, 7) is 2.13. The number of carbonyl (C=O) groups excluding carboxylic acids is 2. The van der Waals surface area contributed by atoms with Gasteiger partial charge in [0.15, 0.2) is 0 Å². The summed E-state index contributed by atoms with van der Waals surface area (Å²) in [5, 5.41) is 15.6. The van der Waals surface area contributed by atoms with E-state index in [-0.39, 0.29) is 30.3 Å². The Bertz CT molecular complexity index is 1520. The predicted molar refractivity (Wildman–Crippen MR) is 171 cm³/mol. The van der Waals surface area contributed by atoms with Crippen molar-refractivity contribution >= 4 is 27.7 Å². The minimum atomic E-state index is -4.08. The number of ether oxygens (including phenoxy) is 1. The lowest BCUT2D eigenvalue weighted by molar-refractivity contribution is -0.123. The molecule has 3 atom stereocenters. The first-order chi connectivity index (χ1) is 22.6. The molecule has 0 aromatic heterocycles. The summed E-state index contributed by atoms with van der Waals surface area (Å²) in [6.07, 6.45) is -0.468. The fraction of sp³-hybridized carbons (Fsp3) is 0.394. The minimum absolute atomic E-state index is 0.00258. The Hall–Kier alpha value is -3.93. The Labute approximate surface area is 266 Å². The standard InChI is InChI=1S/C33H44N4O6S/c1-24(2)22-37(44(41,42)29-19-17-27(34)18-20-29)28(23-38)16-10-11-21-35-32(39)31(36-33(40)43-3)30(25-12-6-4-7-13-25)26-14-8-5-9-15-26/h4-9,12-15,17-20,24,28,30-31,38H,10-11,16,21-23,34H2,1-3H3,(H,35,39)(H,36,40)/t28-,31-/m0/s1/i3D3,23D/t23?,28-,31-. The number of alkyl carbamates (subject to hydrolysis) is 1. The maximum absolute atomic E-state index is 13.7. The van der Waals surface area contributed by atoms with Crippen molar-refractivity contribution in [2.24, 2.45) is 5.92 Å². The van der Waals surface area contributed by atoms with Gasteiger partial charge in [-0.05, 0) is 54.2 Å². The zero-order chi connectivity index (χ0) is 35.5. The number of nitrogen functional groups attached to an aromatic ring is 1. The van der Waals surface area contributed by atoms with E-state index in [9.17, 15) is 23.1 Å². The molecular formula is C33H44N4O6S. The van der Waals surface area contributed by atoms with E-state index < -0.39 is 53.6 Å². The molecule has 0 aliphatic heterocycles. The van der Waals surface area contributed by atoms with Crippen LogP contribution in [0.5, 0.6) is 0 Å². The number of nitrogens with one attached hydrogen (secondary N) is 2. The fourth-order valence-corrected chi connectivity index (χ4v) is 6.76. The van der Waals surface area contributed by atoms with Gasteiger partial charge in [0.05, 0.1) is 24.0 Å². The zero-order valence-corrected chi connectivity index (χ0v) is 25.7. The number of aliphatic hydroxyl groups is 1. The normalized spacial score (nSPS) is 15.4. The number of rotatable bonds is 16. The first-order valence-electron chi connectivity index (χ1n) is 16.5. The van der Waals surface area contributed by atoms with Gasteiger partial charge in [0.1, 0.15) is 6.04 Å². The minimum Gasteiger partial charge on any atom is -0.453 e. The maximum Gasteiger partial charge on any atom is 0.407 e. The molecule has 0 fully saturated rings. The highest BCUT2D eigenvalue weighted by molar-refractivity contribution is 7.89. The Morgan fingerprint density at radius 3 is 2.09 bits per heavy atom. The summed E-state index contributed by atoms with van der Waals surface area (Å²) < 4.78 is 62.9. The summed E-state index contributed by atoms with van der Waals surface area (Å²) in [4.78, 5) is 26.3. The lowest BCUT2D eigenvalue weighted by Crippen LogP contribution is -2.50. The van der Waals surface area contributed by atoms with Gasteiger partial charge in [-0.2, -0.15) is 4.31 Å². The molecule has 0 aliphatic rings. The molecule has 3 rings (SSSR count). The number of hydrogen-bond donors (Lipinski definition) is 4. The van der Waals surface area contributed by atoms with E-state index in [0.717, 1.165) is 4.31 Å². The van der Waals surface area contributed by atoms with Crippen LogP contribution in [0.4, 0.5) is 10.5 Å². The molecule has 1 unspecified atom stereocenters. The summed E-state index contributed by atoms with van der Waals surface area (Å²) in [6, 6.07) is 21.3. The number of anilines is 1. The lowest BCUT2D eigenvalue weighted by atomic mass is 9.84. The van der Waals surface area contributed by atoms with Gasteiger partial charge in [0.2, 0.25) is 15.9 Å². The van der Waals surface area contributed by atoms with E-state index in [0.29, 0.717) is 29.7 Å². The smallest absolute Gasteiger partial charge is 0.407 e. The quantitative estimate of drug-likeness (QED) is 0.138. The summed E-state index contributed by atoms with van der Waals surface area (Å²) >= 11 is 0. The van der Waals surface area contributed by atoms with Crippen LogP contribution in [0.3, 0.4) is 0 Å². The van der Waals surface area contributed by atoms with Crippen LogP contribution in [0.1, 0.15) is 55.6 Å². The van der Waals surface area contributed by atoms with Gasteiger partial charge < -0.3 is 26.2 Å². The van der Waals surface area contributed by atoms with Crippen LogP contribution in [0.25, 0.3) is 0 Å². The Morgan fingerprint density at radius 2 is 1.57 bits per heavy atom. The van der Waals surface area contributed by atoms with Crippen LogP contribution >= 0.6 is 0 Å². The number of benzene rings is 3. The van der Waals surface area contributed by atoms with Crippen LogP contribution in [-0.2, 0) is 19.6 Å². The second kappa shape index (κ2) is 16.8. The van der Waals surface area contributed by atoms with Crippen LogP contribution in [-0.4, -0.2) is 68.6 Å². The van der Waals surface area contributed by atoms with Crippen LogP contribution < -0.4 is 16.4 Å². The highest BCUT2D eigenvalue weighted by atomic mass is 32.2. The largest absolute Gasteiger partial charge is 0.453 e. The first-order valence-corrected chi connectivity index (χ1v) is 15.9. The van der Waals surface area contributed by atoms with Crippen molar-refractivity contribution in [1.82, 2.24) is 14.9 Å². The lowest BCUT2D eigenvalue weighted by Gasteiger charge is -2.31. The highest BCUT2D eigenvalue weighted by Crippen LogP contribution is 2.29. The maximum atomic E-state index is 13.7. The van der Waals surface area contributed by atoms with Crippen LogP contribution in [0, 0.1) is 5.92 Å². The molecule has 0 bridgehead atoms. The number of amides is 2. The topological polar surface area (TPSA) is 151 Å². The molecule has 0 aliphatic carbocycles. The van der Waals surface area contributed by atoms with E-state index >= 15 is 0 Å². The number of methoxy groups -OCH3 is 1. The molecule has 0 radical (unpaired) electrons. The molecule has 0 spiro atoms. The fourth-order valence-electron chi connectivity index (χ4n) is 4.99. The van der Waals surface area contributed by atoms with Gasteiger partial charge in [-0.25, -0.2) is 13.2 Å². The summed E-state index contributed by atoms with van der Waals surface area (Å²) in [7, 11) is -7.10. The van der Waals surface area contributed by atoms with Crippen molar-refractivity contribution in [1.29, 1.82) is 0 Å². The number of aliphatic hydroxyl groups excluding tert-OH is 1. The molecule has 0 saturated heterocycles.